The molecule has 0 fully saturated rings. The smallest absolute Gasteiger partial charge is 0.0285 e. The first-order valence-corrected chi connectivity index (χ1v) is 4.77. The molecule has 1 aliphatic carbocycles. The van der Waals surface area contributed by atoms with E-state index in [-0.39, 0.29) is 0 Å². The average molecular weight is 162 g/mol. The Balaban J connectivity index is 2.59. The van der Waals surface area contributed by atoms with Crippen LogP contribution in [0.5, 0.6) is 0 Å². The van der Waals surface area contributed by atoms with Crippen molar-refractivity contribution in [1.82, 2.24) is 0 Å². The van der Waals surface area contributed by atoms with Crippen molar-refractivity contribution in [3.8, 4) is 0 Å². The predicted molar refractivity (Wildman–Crippen MR) is 55.1 cm³/mol. The molecule has 0 bridgehead atoms. The first-order valence-electron chi connectivity index (χ1n) is 4.77. The Morgan fingerprint density at radius 2 is 1.75 bits per heavy atom. The number of allylic oxidation sites excluding steroid dienone is 6. The molecular formula is C12H18. The van der Waals surface area contributed by atoms with Crippen molar-refractivity contribution in [2.45, 2.75) is 39.5 Å². The van der Waals surface area contributed by atoms with Gasteiger partial charge in [0, 0.05) is 0 Å². The molecule has 0 N–H and O–H groups in total. The normalized spacial score (nSPS) is 31.2. The summed E-state index contributed by atoms with van der Waals surface area (Å²) in [5.41, 5.74) is 3.02. The van der Waals surface area contributed by atoms with Gasteiger partial charge in [-0.05, 0) is 39.5 Å². The third-order valence-electron chi connectivity index (χ3n) is 2.25. The Bertz CT molecular complexity index is 216. The third kappa shape index (κ3) is 3.56. The van der Waals surface area contributed by atoms with Gasteiger partial charge in [-0.25, -0.2) is 0 Å². The lowest BCUT2D eigenvalue weighted by Gasteiger charge is -2.01. The molecule has 0 heteroatoms. The second-order valence-electron chi connectivity index (χ2n) is 3.57. The monoisotopic (exact) mass is 162 g/mol. The van der Waals surface area contributed by atoms with Gasteiger partial charge in [0.15, 0.2) is 0 Å². The van der Waals surface area contributed by atoms with E-state index in [0.717, 1.165) is 0 Å². The average Bonchev–Trinajstić information content (AvgIpc) is 2.04. The number of hydrogen-bond donors (Lipinski definition) is 0. The lowest BCUT2D eigenvalue weighted by Crippen LogP contribution is -1.81. The third-order valence-corrected chi connectivity index (χ3v) is 2.25. The molecule has 0 spiro atoms. The van der Waals surface area contributed by atoms with E-state index in [1.807, 2.05) is 0 Å². The van der Waals surface area contributed by atoms with Crippen LogP contribution in [0, 0.1) is 0 Å². The van der Waals surface area contributed by atoms with Gasteiger partial charge < -0.3 is 0 Å². The topological polar surface area (TPSA) is 0 Å². The van der Waals surface area contributed by atoms with Crippen LogP contribution in [0.2, 0.25) is 0 Å². The van der Waals surface area contributed by atoms with Crippen LogP contribution >= 0.6 is 0 Å². The summed E-state index contributed by atoms with van der Waals surface area (Å²) < 4.78 is 0. The van der Waals surface area contributed by atoms with Crippen molar-refractivity contribution in [2.75, 3.05) is 0 Å². The van der Waals surface area contributed by atoms with Gasteiger partial charge in [0.25, 0.3) is 0 Å². The second-order valence-corrected chi connectivity index (χ2v) is 3.57. The molecule has 66 valence electrons. The minimum absolute atomic E-state index is 1.19. The van der Waals surface area contributed by atoms with Crippen LogP contribution in [-0.4, -0.2) is 0 Å². The highest BCUT2D eigenvalue weighted by molar-refractivity contribution is 5.13. The summed E-state index contributed by atoms with van der Waals surface area (Å²) in [6.07, 6.45) is 13.9. The van der Waals surface area contributed by atoms with Crippen LogP contribution in [0.4, 0.5) is 0 Å². The lowest BCUT2D eigenvalue weighted by molar-refractivity contribution is 0.916. The summed E-state index contributed by atoms with van der Waals surface area (Å²) >= 11 is 0. The maximum absolute atomic E-state index is 2.37. The molecule has 0 heterocycles. The van der Waals surface area contributed by atoms with E-state index in [9.17, 15) is 0 Å². The van der Waals surface area contributed by atoms with Crippen LogP contribution in [0.3, 0.4) is 0 Å². The molecule has 0 aliphatic heterocycles. The zero-order chi connectivity index (χ0) is 8.81. The Hall–Kier alpha value is -0.780. The summed E-state index contributed by atoms with van der Waals surface area (Å²) in [7, 11) is 0. The van der Waals surface area contributed by atoms with E-state index in [1.54, 1.807) is 0 Å². The van der Waals surface area contributed by atoms with E-state index >= 15 is 0 Å². The molecule has 0 saturated heterocycles. The van der Waals surface area contributed by atoms with Gasteiger partial charge in [-0.2, -0.15) is 0 Å². The molecule has 0 aromatic rings. The van der Waals surface area contributed by atoms with Crippen LogP contribution in [0.25, 0.3) is 0 Å². The molecule has 1 aliphatic rings. The van der Waals surface area contributed by atoms with E-state index in [1.165, 1.54) is 36.8 Å². The minimum Gasteiger partial charge on any atom is -0.0853 e. The lowest BCUT2D eigenvalue weighted by atomic mass is 10.1. The fraction of sp³-hybridized carbons (Fsp3) is 0.500. The number of hydrogen-bond acceptors (Lipinski definition) is 0. The highest BCUT2D eigenvalue weighted by Crippen LogP contribution is 2.12. The highest BCUT2D eigenvalue weighted by atomic mass is 14.0. The summed E-state index contributed by atoms with van der Waals surface area (Å²) in [4.78, 5) is 0. The number of rotatable bonds is 0. The minimum atomic E-state index is 1.19. The summed E-state index contributed by atoms with van der Waals surface area (Å²) in [6, 6.07) is 0. The molecule has 12 heavy (non-hydrogen) atoms. The van der Waals surface area contributed by atoms with Crippen LogP contribution in [-0.2, 0) is 0 Å². The zero-order valence-electron chi connectivity index (χ0n) is 8.14. The molecule has 0 atom stereocenters. The molecule has 0 unspecified atom stereocenters. The molecule has 0 radical (unpaired) electrons. The fourth-order valence-corrected chi connectivity index (χ4v) is 1.37. The van der Waals surface area contributed by atoms with Gasteiger partial charge in [-0.3, -0.25) is 0 Å². The predicted octanol–water partition coefficient (Wildman–Crippen LogP) is 4.01. The van der Waals surface area contributed by atoms with Crippen LogP contribution < -0.4 is 0 Å². The Labute approximate surface area is 75.7 Å². The first-order chi connectivity index (χ1) is 5.79. The van der Waals surface area contributed by atoms with Crippen molar-refractivity contribution in [3.05, 3.63) is 35.5 Å². The van der Waals surface area contributed by atoms with Crippen molar-refractivity contribution < 1.29 is 0 Å². The Kier molecular flexibility index (Phi) is 3.86. The molecule has 0 aromatic heterocycles. The van der Waals surface area contributed by atoms with Crippen molar-refractivity contribution >= 4 is 0 Å². The summed E-state index contributed by atoms with van der Waals surface area (Å²) in [5.74, 6) is 0. The van der Waals surface area contributed by atoms with Crippen molar-refractivity contribution in [3.63, 3.8) is 0 Å². The molecular weight excluding hydrogens is 144 g/mol. The molecule has 0 saturated carbocycles. The van der Waals surface area contributed by atoms with Crippen molar-refractivity contribution in [2.24, 2.45) is 0 Å². The molecule has 1 rings (SSSR count). The largest absolute Gasteiger partial charge is 0.0853 e. The SMILES string of the molecule is C/C1=C\CC/C(C)=C/C=C\CC1. The highest BCUT2D eigenvalue weighted by Gasteiger charge is 1.92. The van der Waals surface area contributed by atoms with Gasteiger partial charge in [0.1, 0.15) is 0 Å². The quantitative estimate of drug-likeness (QED) is 0.472. The van der Waals surface area contributed by atoms with E-state index in [4.69, 9.17) is 0 Å². The van der Waals surface area contributed by atoms with Crippen LogP contribution in [0.1, 0.15) is 39.5 Å². The molecule has 0 amide bonds. The summed E-state index contributed by atoms with van der Waals surface area (Å²) in [6.45, 7) is 4.43. The Morgan fingerprint density at radius 3 is 2.58 bits per heavy atom. The molecule has 0 nitrogen and oxygen atoms in total. The zero-order valence-corrected chi connectivity index (χ0v) is 8.14. The van der Waals surface area contributed by atoms with Crippen LogP contribution in [0.15, 0.2) is 35.5 Å². The van der Waals surface area contributed by atoms with E-state index < -0.39 is 0 Å². The summed E-state index contributed by atoms with van der Waals surface area (Å²) in [5, 5.41) is 0. The molecule has 0 aromatic carbocycles. The Morgan fingerprint density at radius 1 is 1.00 bits per heavy atom. The fourth-order valence-electron chi connectivity index (χ4n) is 1.37. The second kappa shape index (κ2) is 4.97. The van der Waals surface area contributed by atoms with Gasteiger partial charge in [0.2, 0.25) is 0 Å². The van der Waals surface area contributed by atoms with Gasteiger partial charge in [-0.1, -0.05) is 35.5 Å². The van der Waals surface area contributed by atoms with Gasteiger partial charge >= 0.3 is 0 Å². The van der Waals surface area contributed by atoms with E-state index in [2.05, 4.69) is 38.2 Å². The standard InChI is InChI=1S/C12H18/c1-11-7-4-3-5-8-12(2)10-6-9-11/h3-4,7,10H,5-6,8-9H2,1-2H3/b4-3-,11-7+,12-10+. The van der Waals surface area contributed by atoms with Crippen molar-refractivity contribution in [1.29, 1.82) is 0 Å². The maximum atomic E-state index is 2.37. The van der Waals surface area contributed by atoms with Gasteiger partial charge in [0.05, 0.1) is 0 Å². The first kappa shape index (κ1) is 9.31. The maximum Gasteiger partial charge on any atom is -0.0285 e. The van der Waals surface area contributed by atoms with E-state index in [0.29, 0.717) is 0 Å². The van der Waals surface area contributed by atoms with Gasteiger partial charge in [-0.15, -0.1) is 0 Å².